The zero-order chi connectivity index (χ0) is 12.5. The van der Waals surface area contributed by atoms with E-state index in [-0.39, 0.29) is 0 Å². The van der Waals surface area contributed by atoms with Crippen LogP contribution in [0.5, 0.6) is 0 Å². The SMILES string of the molecule is CC(C)Cn1c([C@H]2CCCN2)nc2ccccc21. The van der Waals surface area contributed by atoms with Crippen molar-refractivity contribution in [2.75, 3.05) is 6.54 Å². The molecule has 1 saturated heterocycles. The molecule has 1 N–H and O–H groups in total. The number of fused-ring (bicyclic) bond motifs is 1. The minimum absolute atomic E-state index is 0.441. The van der Waals surface area contributed by atoms with Crippen molar-refractivity contribution in [3.05, 3.63) is 30.1 Å². The second-order valence-electron chi connectivity index (χ2n) is 5.61. The molecular weight excluding hydrogens is 222 g/mol. The minimum Gasteiger partial charge on any atom is -0.326 e. The molecule has 1 aromatic heterocycles. The van der Waals surface area contributed by atoms with Crippen LogP contribution in [0.4, 0.5) is 0 Å². The molecule has 0 spiro atoms. The maximum Gasteiger partial charge on any atom is 0.127 e. The summed E-state index contributed by atoms with van der Waals surface area (Å²) in [6.45, 7) is 6.70. The van der Waals surface area contributed by atoms with Crippen LogP contribution < -0.4 is 5.32 Å². The summed E-state index contributed by atoms with van der Waals surface area (Å²) < 4.78 is 2.41. The van der Waals surface area contributed by atoms with Gasteiger partial charge in [-0.3, -0.25) is 0 Å². The summed E-state index contributed by atoms with van der Waals surface area (Å²) in [7, 11) is 0. The topological polar surface area (TPSA) is 29.9 Å². The second kappa shape index (κ2) is 4.73. The Morgan fingerprint density at radius 3 is 2.94 bits per heavy atom. The van der Waals surface area contributed by atoms with Crippen LogP contribution in [0.25, 0.3) is 11.0 Å². The number of rotatable bonds is 3. The lowest BCUT2D eigenvalue weighted by molar-refractivity contribution is 0.485. The van der Waals surface area contributed by atoms with Gasteiger partial charge in [0.25, 0.3) is 0 Å². The van der Waals surface area contributed by atoms with Gasteiger partial charge in [0, 0.05) is 6.54 Å². The quantitative estimate of drug-likeness (QED) is 0.897. The summed E-state index contributed by atoms with van der Waals surface area (Å²) in [5, 5.41) is 3.56. The van der Waals surface area contributed by atoms with E-state index in [2.05, 4.69) is 48.0 Å². The number of hydrogen-bond donors (Lipinski definition) is 1. The van der Waals surface area contributed by atoms with Crippen molar-refractivity contribution >= 4 is 11.0 Å². The predicted octanol–water partition coefficient (Wildman–Crippen LogP) is 3.12. The first-order valence-electron chi connectivity index (χ1n) is 6.94. The number of nitrogens with one attached hydrogen (secondary N) is 1. The molecule has 0 radical (unpaired) electrons. The Kier molecular flexibility index (Phi) is 3.08. The molecule has 1 aromatic carbocycles. The van der Waals surface area contributed by atoms with Crippen LogP contribution in [0.2, 0.25) is 0 Å². The minimum atomic E-state index is 0.441. The fraction of sp³-hybridized carbons (Fsp3) is 0.533. The molecule has 3 heteroatoms. The van der Waals surface area contributed by atoms with Gasteiger partial charge in [-0.15, -0.1) is 0 Å². The summed E-state index contributed by atoms with van der Waals surface area (Å²) in [5.74, 6) is 1.87. The van der Waals surface area contributed by atoms with E-state index in [0.29, 0.717) is 12.0 Å². The molecule has 1 aliphatic heterocycles. The largest absolute Gasteiger partial charge is 0.326 e. The molecule has 0 aliphatic carbocycles. The van der Waals surface area contributed by atoms with Gasteiger partial charge in [-0.25, -0.2) is 4.98 Å². The number of imidazole rings is 1. The maximum absolute atomic E-state index is 4.85. The number of para-hydroxylation sites is 2. The molecule has 0 amide bonds. The monoisotopic (exact) mass is 243 g/mol. The van der Waals surface area contributed by atoms with Crippen LogP contribution in [0, 0.1) is 5.92 Å². The van der Waals surface area contributed by atoms with E-state index in [1.807, 2.05) is 0 Å². The van der Waals surface area contributed by atoms with E-state index < -0.39 is 0 Å². The smallest absolute Gasteiger partial charge is 0.127 e. The van der Waals surface area contributed by atoms with Crippen LogP contribution in [0.1, 0.15) is 38.6 Å². The zero-order valence-electron chi connectivity index (χ0n) is 11.2. The fourth-order valence-electron chi connectivity index (χ4n) is 2.82. The van der Waals surface area contributed by atoms with Crippen molar-refractivity contribution in [3.63, 3.8) is 0 Å². The summed E-state index contributed by atoms with van der Waals surface area (Å²) in [6.07, 6.45) is 2.47. The van der Waals surface area contributed by atoms with E-state index in [1.54, 1.807) is 0 Å². The molecule has 18 heavy (non-hydrogen) atoms. The molecule has 1 atom stereocenters. The normalized spacial score (nSPS) is 20.1. The lowest BCUT2D eigenvalue weighted by atomic mass is 10.2. The van der Waals surface area contributed by atoms with E-state index in [9.17, 15) is 0 Å². The molecule has 1 aliphatic rings. The standard InChI is InChI=1S/C15H21N3/c1-11(2)10-18-14-8-4-3-6-12(14)17-15(18)13-7-5-9-16-13/h3-4,6,8,11,13,16H,5,7,9-10H2,1-2H3/t13-/m1/s1. The summed E-state index contributed by atoms with van der Waals surface area (Å²) in [5.41, 5.74) is 2.40. The van der Waals surface area contributed by atoms with E-state index in [4.69, 9.17) is 4.98 Å². The Morgan fingerprint density at radius 1 is 1.39 bits per heavy atom. The second-order valence-corrected chi connectivity index (χ2v) is 5.61. The highest BCUT2D eigenvalue weighted by molar-refractivity contribution is 5.76. The highest BCUT2D eigenvalue weighted by atomic mass is 15.1. The Morgan fingerprint density at radius 2 is 2.22 bits per heavy atom. The molecule has 2 aromatic rings. The van der Waals surface area contributed by atoms with Crippen molar-refractivity contribution < 1.29 is 0 Å². The number of aromatic nitrogens is 2. The van der Waals surface area contributed by atoms with Crippen molar-refractivity contribution in [3.8, 4) is 0 Å². The highest BCUT2D eigenvalue weighted by Crippen LogP contribution is 2.27. The third-order valence-corrected chi connectivity index (χ3v) is 3.60. The third kappa shape index (κ3) is 2.03. The van der Waals surface area contributed by atoms with Gasteiger partial charge in [0.2, 0.25) is 0 Å². The molecule has 0 unspecified atom stereocenters. The Hall–Kier alpha value is -1.35. The average molecular weight is 243 g/mol. The van der Waals surface area contributed by atoms with Crippen LogP contribution in [-0.2, 0) is 6.54 Å². The summed E-state index contributed by atoms with van der Waals surface area (Å²) in [4.78, 5) is 4.85. The van der Waals surface area contributed by atoms with Crippen molar-refractivity contribution in [1.82, 2.24) is 14.9 Å². The average Bonchev–Trinajstić information content (AvgIpc) is 2.96. The van der Waals surface area contributed by atoms with Crippen molar-refractivity contribution in [2.45, 2.75) is 39.3 Å². The molecule has 2 heterocycles. The molecule has 3 nitrogen and oxygen atoms in total. The van der Waals surface area contributed by atoms with Gasteiger partial charge in [0.1, 0.15) is 5.82 Å². The predicted molar refractivity (Wildman–Crippen MR) is 74.5 cm³/mol. The van der Waals surface area contributed by atoms with Crippen LogP contribution >= 0.6 is 0 Å². The van der Waals surface area contributed by atoms with Gasteiger partial charge in [0.15, 0.2) is 0 Å². The summed E-state index contributed by atoms with van der Waals surface area (Å²) in [6, 6.07) is 8.91. The zero-order valence-corrected chi connectivity index (χ0v) is 11.2. The summed E-state index contributed by atoms with van der Waals surface area (Å²) >= 11 is 0. The van der Waals surface area contributed by atoms with Gasteiger partial charge < -0.3 is 9.88 Å². The number of nitrogens with zero attached hydrogens (tertiary/aromatic N) is 2. The molecule has 0 saturated carbocycles. The van der Waals surface area contributed by atoms with Gasteiger partial charge >= 0.3 is 0 Å². The maximum atomic E-state index is 4.85. The van der Waals surface area contributed by atoms with Gasteiger partial charge in [-0.05, 0) is 37.4 Å². The first kappa shape index (κ1) is 11.7. The highest BCUT2D eigenvalue weighted by Gasteiger charge is 2.23. The molecule has 3 rings (SSSR count). The van der Waals surface area contributed by atoms with Crippen LogP contribution in [0.3, 0.4) is 0 Å². The first-order chi connectivity index (χ1) is 8.75. The number of benzene rings is 1. The van der Waals surface area contributed by atoms with Gasteiger partial charge in [0.05, 0.1) is 17.1 Å². The Bertz CT molecular complexity index is 536. The Balaban J connectivity index is 2.10. The van der Waals surface area contributed by atoms with Crippen LogP contribution in [-0.4, -0.2) is 16.1 Å². The van der Waals surface area contributed by atoms with Crippen molar-refractivity contribution in [2.24, 2.45) is 5.92 Å². The lowest BCUT2D eigenvalue weighted by Crippen LogP contribution is -2.19. The van der Waals surface area contributed by atoms with E-state index >= 15 is 0 Å². The van der Waals surface area contributed by atoms with E-state index in [0.717, 1.165) is 18.6 Å². The number of hydrogen-bond acceptors (Lipinski definition) is 2. The lowest BCUT2D eigenvalue weighted by Gasteiger charge is -2.15. The van der Waals surface area contributed by atoms with Gasteiger partial charge in [-0.1, -0.05) is 26.0 Å². The van der Waals surface area contributed by atoms with Crippen LogP contribution in [0.15, 0.2) is 24.3 Å². The fourth-order valence-corrected chi connectivity index (χ4v) is 2.82. The third-order valence-electron chi connectivity index (χ3n) is 3.60. The van der Waals surface area contributed by atoms with E-state index in [1.165, 1.54) is 24.2 Å². The molecule has 1 fully saturated rings. The molecule has 0 bridgehead atoms. The Labute approximate surface area is 108 Å². The van der Waals surface area contributed by atoms with Crippen molar-refractivity contribution in [1.29, 1.82) is 0 Å². The first-order valence-corrected chi connectivity index (χ1v) is 6.94. The van der Waals surface area contributed by atoms with Gasteiger partial charge in [-0.2, -0.15) is 0 Å². The molecular formula is C15H21N3. The molecule has 96 valence electrons.